The Balaban J connectivity index is 2.00. The number of nitrogens with one attached hydrogen (secondary N) is 1. The Morgan fingerprint density at radius 1 is 0.960 bits per heavy atom. The zero-order chi connectivity index (χ0) is 17.9. The molecule has 0 aliphatic carbocycles. The summed E-state index contributed by atoms with van der Waals surface area (Å²) in [6.07, 6.45) is -2.64. The van der Waals surface area contributed by atoms with Gasteiger partial charge in [0.05, 0.1) is 11.2 Å². The van der Waals surface area contributed by atoms with Crippen LogP contribution in [0.25, 0.3) is 10.9 Å². The number of ketones is 1. The van der Waals surface area contributed by atoms with Crippen molar-refractivity contribution in [1.82, 2.24) is 4.98 Å². The summed E-state index contributed by atoms with van der Waals surface area (Å²) in [5, 5.41) is 3.01. The number of hydrogen-bond acceptors (Lipinski definition) is 3. The summed E-state index contributed by atoms with van der Waals surface area (Å²) in [5.74, 6) is -0.728. The molecule has 0 atom stereocenters. The van der Waals surface area contributed by atoms with Gasteiger partial charge in [0.25, 0.3) is 0 Å². The van der Waals surface area contributed by atoms with E-state index < -0.39 is 17.7 Å². The standard InChI is InChI=1S/C19H13F3N2O/c20-19(21,22)17(12-16(25)13-6-2-1-3-7-13)24-15-10-4-8-14-9-5-11-23-18(14)15/h1-12,24H/b17-12+. The third-order valence-electron chi connectivity index (χ3n) is 3.54. The van der Waals surface area contributed by atoms with Gasteiger partial charge in [0.2, 0.25) is 0 Å². The molecule has 2 aromatic carbocycles. The largest absolute Gasteiger partial charge is 0.431 e. The molecule has 0 aliphatic rings. The molecule has 25 heavy (non-hydrogen) atoms. The van der Waals surface area contributed by atoms with E-state index in [1.807, 2.05) is 0 Å². The van der Waals surface area contributed by atoms with E-state index in [0.717, 1.165) is 0 Å². The fourth-order valence-electron chi connectivity index (χ4n) is 2.36. The lowest BCUT2D eigenvalue weighted by atomic mass is 10.1. The van der Waals surface area contributed by atoms with Crippen LogP contribution in [-0.4, -0.2) is 16.9 Å². The van der Waals surface area contributed by atoms with Crippen LogP contribution in [0.3, 0.4) is 0 Å². The van der Waals surface area contributed by atoms with Crippen LogP contribution in [0.5, 0.6) is 0 Å². The van der Waals surface area contributed by atoms with E-state index in [2.05, 4.69) is 10.3 Å². The predicted octanol–water partition coefficient (Wildman–Crippen LogP) is 4.98. The molecule has 0 saturated heterocycles. The minimum absolute atomic E-state index is 0.182. The number of carbonyl (C=O) groups excluding carboxylic acids is 1. The molecule has 0 spiro atoms. The number of fused-ring (bicyclic) bond motifs is 1. The number of aromatic nitrogens is 1. The molecule has 1 heterocycles. The molecule has 1 aromatic heterocycles. The Morgan fingerprint density at radius 2 is 1.68 bits per heavy atom. The normalized spacial score (nSPS) is 12.2. The smallest absolute Gasteiger partial charge is 0.350 e. The van der Waals surface area contributed by atoms with Crippen molar-refractivity contribution in [2.75, 3.05) is 5.32 Å². The number of hydrogen-bond donors (Lipinski definition) is 1. The van der Waals surface area contributed by atoms with Crippen molar-refractivity contribution in [1.29, 1.82) is 0 Å². The Hall–Kier alpha value is -3.15. The molecular weight excluding hydrogens is 329 g/mol. The van der Waals surface area contributed by atoms with Crippen molar-refractivity contribution < 1.29 is 18.0 Å². The third kappa shape index (κ3) is 3.85. The molecular formula is C19H13F3N2O. The first-order chi connectivity index (χ1) is 11.9. The number of anilines is 1. The van der Waals surface area contributed by atoms with Crippen LogP contribution in [0.15, 0.2) is 78.6 Å². The molecule has 126 valence electrons. The molecule has 0 unspecified atom stereocenters. The Labute approximate surface area is 141 Å². The van der Waals surface area contributed by atoms with Gasteiger partial charge in [0, 0.05) is 23.2 Å². The lowest BCUT2D eigenvalue weighted by molar-refractivity contribution is -0.0903. The van der Waals surface area contributed by atoms with Crippen LogP contribution in [-0.2, 0) is 0 Å². The summed E-state index contributed by atoms with van der Waals surface area (Å²) >= 11 is 0. The molecule has 6 heteroatoms. The van der Waals surface area contributed by atoms with Gasteiger partial charge < -0.3 is 5.32 Å². The summed E-state index contributed by atoms with van der Waals surface area (Å²) in [6, 6.07) is 16.1. The maximum absolute atomic E-state index is 13.4. The van der Waals surface area contributed by atoms with E-state index in [9.17, 15) is 18.0 Å². The summed E-state index contributed by atoms with van der Waals surface area (Å²) < 4.78 is 40.1. The molecule has 0 saturated carbocycles. The highest BCUT2D eigenvalue weighted by Crippen LogP contribution is 2.30. The number of alkyl halides is 3. The quantitative estimate of drug-likeness (QED) is 0.537. The highest BCUT2D eigenvalue weighted by Gasteiger charge is 2.35. The fourth-order valence-corrected chi connectivity index (χ4v) is 2.36. The number of allylic oxidation sites excluding steroid dienone is 2. The van der Waals surface area contributed by atoms with Crippen LogP contribution >= 0.6 is 0 Å². The molecule has 3 rings (SSSR count). The number of carbonyl (C=O) groups is 1. The zero-order valence-electron chi connectivity index (χ0n) is 12.9. The molecule has 0 fully saturated rings. The number of benzene rings is 2. The number of rotatable bonds is 4. The van der Waals surface area contributed by atoms with E-state index in [4.69, 9.17) is 0 Å². The van der Waals surface area contributed by atoms with E-state index in [1.165, 1.54) is 24.4 Å². The van der Waals surface area contributed by atoms with Crippen molar-refractivity contribution >= 4 is 22.4 Å². The Morgan fingerprint density at radius 3 is 2.40 bits per heavy atom. The molecule has 0 radical (unpaired) electrons. The monoisotopic (exact) mass is 342 g/mol. The second kappa shape index (κ2) is 6.76. The number of nitrogens with zero attached hydrogens (tertiary/aromatic N) is 1. The van der Waals surface area contributed by atoms with E-state index >= 15 is 0 Å². The summed E-state index contributed by atoms with van der Waals surface area (Å²) in [7, 11) is 0. The first-order valence-corrected chi connectivity index (χ1v) is 7.44. The van der Waals surface area contributed by atoms with Gasteiger partial charge in [-0.1, -0.05) is 48.5 Å². The van der Waals surface area contributed by atoms with Gasteiger partial charge in [-0.05, 0) is 12.1 Å². The topological polar surface area (TPSA) is 42.0 Å². The summed E-state index contributed by atoms with van der Waals surface area (Å²) in [4.78, 5) is 16.2. The maximum Gasteiger partial charge on any atom is 0.431 e. The average Bonchev–Trinajstić information content (AvgIpc) is 2.61. The Kier molecular flexibility index (Phi) is 4.52. The van der Waals surface area contributed by atoms with E-state index in [1.54, 1.807) is 42.5 Å². The number of pyridine rings is 1. The molecule has 0 amide bonds. The average molecular weight is 342 g/mol. The van der Waals surface area contributed by atoms with Crippen molar-refractivity contribution in [3.63, 3.8) is 0 Å². The Bertz CT molecular complexity index is 929. The minimum atomic E-state index is -4.71. The fraction of sp³-hybridized carbons (Fsp3) is 0.0526. The van der Waals surface area contributed by atoms with Crippen molar-refractivity contribution in [2.45, 2.75) is 6.18 Å². The van der Waals surface area contributed by atoms with Gasteiger partial charge >= 0.3 is 6.18 Å². The van der Waals surface area contributed by atoms with Crippen LogP contribution in [0, 0.1) is 0 Å². The SMILES string of the molecule is O=C(/C=C(/Nc1cccc2cccnc12)C(F)(F)F)c1ccccc1. The van der Waals surface area contributed by atoms with Crippen molar-refractivity contribution in [3.8, 4) is 0 Å². The number of para-hydroxylation sites is 1. The predicted molar refractivity (Wildman–Crippen MR) is 90.3 cm³/mol. The highest BCUT2D eigenvalue weighted by atomic mass is 19.4. The molecule has 0 aliphatic heterocycles. The molecule has 3 aromatic rings. The van der Waals surface area contributed by atoms with E-state index in [-0.39, 0.29) is 11.3 Å². The first-order valence-electron chi connectivity index (χ1n) is 7.44. The van der Waals surface area contributed by atoms with Crippen LogP contribution in [0.4, 0.5) is 18.9 Å². The van der Waals surface area contributed by atoms with Crippen molar-refractivity contribution in [2.24, 2.45) is 0 Å². The second-order valence-electron chi connectivity index (χ2n) is 5.29. The maximum atomic E-state index is 13.4. The van der Waals surface area contributed by atoms with Gasteiger partial charge in [-0.3, -0.25) is 9.78 Å². The van der Waals surface area contributed by atoms with Crippen LogP contribution in [0.2, 0.25) is 0 Å². The van der Waals surface area contributed by atoms with Gasteiger partial charge in [-0.15, -0.1) is 0 Å². The molecule has 3 nitrogen and oxygen atoms in total. The van der Waals surface area contributed by atoms with Crippen LogP contribution in [0.1, 0.15) is 10.4 Å². The lowest BCUT2D eigenvalue weighted by Gasteiger charge is -2.15. The first kappa shape index (κ1) is 16.7. The highest BCUT2D eigenvalue weighted by molar-refractivity contribution is 6.05. The van der Waals surface area contributed by atoms with Crippen LogP contribution < -0.4 is 5.32 Å². The van der Waals surface area contributed by atoms with Gasteiger partial charge in [-0.2, -0.15) is 13.2 Å². The number of halogens is 3. The zero-order valence-corrected chi connectivity index (χ0v) is 12.9. The molecule has 0 bridgehead atoms. The third-order valence-corrected chi connectivity index (χ3v) is 3.54. The molecule has 1 N–H and O–H groups in total. The van der Waals surface area contributed by atoms with Gasteiger partial charge in [0.15, 0.2) is 5.78 Å². The lowest BCUT2D eigenvalue weighted by Crippen LogP contribution is -2.20. The van der Waals surface area contributed by atoms with Gasteiger partial charge in [0.1, 0.15) is 5.70 Å². The minimum Gasteiger partial charge on any atom is -0.350 e. The van der Waals surface area contributed by atoms with Crippen molar-refractivity contribution in [3.05, 3.63) is 84.2 Å². The summed E-state index contributed by atoms with van der Waals surface area (Å²) in [6.45, 7) is 0. The second-order valence-corrected chi connectivity index (χ2v) is 5.29. The van der Waals surface area contributed by atoms with E-state index in [0.29, 0.717) is 17.0 Å². The van der Waals surface area contributed by atoms with Gasteiger partial charge in [-0.25, -0.2) is 0 Å². The summed E-state index contributed by atoms with van der Waals surface area (Å²) in [5.41, 5.74) is -0.378.